The molecule has 1 saturated carbocycles. The Bertz CT molecular complexity index is 810. The highest BCUT2D eigenvalue weighted by atomic mass is 35.5. The lowest BCUT2D eigenvalue weighted by Gasteiger charge is -2.28. The van der Waals surface area contributed by atoms with Crippen LogP contribution in [-0.2, 0) is 16.1 Å². The average Bonchev–Trinajstić information content (AvgIpc) is 3.44. The zero-order valence-corrected chi connectivity index (χ0v) is 14.5. The van der Waals surface area contributed by atoms with E-state index in [1.165, 1.54) is 12.1 Å². The second-order valence-electron chi connectivity index (χ2n) is 6.09. The van der Waals surface area contributed by atoms with Crippen molar-refractivity contribution in [1.82, 2.24) is 4.90 Å². The monoisotopic (exact) mass is 377 g/mol. The topological polar surface area (TPSA) is 66.8 Å². The Morgan fingerprint density at radius 1 is 1.23 bits per heavy atom. The summed E-state index contributed by atoms with van der Waals surface area (Å²) >= 11 is 5.74. The summed E-state index contributed by atoms with van der Waals surface area (Å²) in [4.78, 5) is 25.5. The Labute approximate surface area is 154 Å². The van der Waals surface area contributed by atoms with Crippen LogP contribution in [0.5, 0.6) is 0 Å². The van der Waals surface area contributed by atoms with Crippen molar-refractivity contribution < 1.29 is 23.8 Å². The minimum absolute atomic E-state index is 0.0122. The molecule has 1 amide bonds. The molecule has 0 radical (unpaired) electrons. The fraction of sp³-hybridized carbons (Fsp3) is 0.263. The van der Waals surface area contributed by atoms with Crippen LogP contribution in [-0.4, -0.2) is 28.1 Å². The first kappa shape index (κ1) is 18.2. The summed E-state index contributed by atoms with van der Waals surface area (Å²) in [6, 6.07) is 11.0. The van der Waals surface area contributed by atoms with Crippen molar-refractivity contribution in [2.45, 2.75) is 31.5 Å². The van der Waals surface area contributed by atoms with Crippen LogP contribution in [0, 0.1) is 5.82 Å². The SMILES string of the molecule is O=C(O)C(c1ccc(Cl)cc1F)N(C(=O)OCc1ccccc1)C1CC1. The van der Waals surface area contributed by atoms with Gasteiger partial charge in [0, 0.05) is 16.6 Å². The van der Waals surface area contributed by atoms with Gasteiger partial charge in [-0.05, 0) is 30.5 Å². The van der Waals surface area contributed by atoms with Gasteiger partial charge in [-0.3, -0.25) is 4.90 Å². The maximum absolute atomic E-state index is 14.3. The molecule has 2 aromatic rings. The molecule has 0 aromatic heterocycles. The number of carbonyl (C=O) groups is 2. The maximum atomic E-state index is 14.3. The number of carboxylic acids is 1. The highest BCUT2D eigenvalue weighted by Gasteiger charge is 2.43. The number of aliphatic carboxylic acids is 1. The molecule has 1 unspecified atom stereocenters. The molecule has 1 N–H and O–H groups in total. The molecule has 1 aliphatic carbocycles. The van der Waals surface area contributed by atoms with Gasteiger partial charge in [-0.2, -0.15) is 0 Å². The Balaban J connectivity index is 1.84. The van der Waals surface area contributed by atoms with Crippen molar-refractivity contribution in [3.63, 3.8) is 0 Å². The van der Waals surface area contributed by atoms with E-state index in [-0.39, 0.29) is 23.2 Å². The number of carbonyl (C=O) groups excluding carboxylic acids is 1. The first-order chi connectivity index (χ1) is 12.5. The smallest absolute Gasteiger partial charge is 0.411 e. The summed E-state index contributed by atoms with van der Waals surface area (Å²) in [6.45, 7) is 0.0122. The van der Waals surface area contributed by atoms with E-state index in [2.05, 4.69) is 0 Å². The Hall–Kier alpha value is -2.60. The molecule has 1 aliphatic rings. The fourth-order valence-corrected chi connectivity index (χ4v) is 2.90. The van der Waals surface area contributed by atoms with E-state index in [1.807, 2.05) is 18.2 Å². The Kier molecular flexibility index (Phi) is 5.42. The van der Waals surface area contributed by atoms with E-state index in [1.54, 1.807) is 12.1 Å². The quantitative estimate of drug-likeness (QED) is 0.809. The molecule has 3 rings (SSSR count). The molecule has 0 saturated heterocycles. The molecule has 7 heteroatoms. The number of ether oxygens (including phenoxy) is 1. The lowest BCUT2D eigenvalue weighted by atomic mass is 10.0. The molecule has 0 spiro atoms. The summed E-state index contributed by atoms with van der Waals surface area (Å²) in [7, 11) is 0. The zero-order chi connectivity index (χ0) is 18.7. The van der Waals surface area contributed by atoms with Gasteiger partial charge in [-0.1, -0.05) is 48.0 Å². The zero-order valence-electron chi connectivity index (χ0n) is 13.8. The molecule has 136 valence electrons. The third kappa shape index (κ3) is 4.14. The van der Waals surface area contributed by atoms with Crippen LogP contribution in [0.25, 0.3) is 0 Å². The van der Waals surface area contributed by atoms with Crippen LogP contribution in [0.15, 0.2) is 48.5 Å². The van der Waals surface area contributed by atoms with Gasteiger partial charge in [0.2, 0.25) is 0 Å². The number of halogens is 2. The van der Waals surface area contributed by atoms with Gasteiger partial charge >= 0.3 is 12.1 Å². The van der Waals surface area contributed by atoms with Crippen LogP contribution >= 0.6 is 11.6 Å². The van der Waals surface area contributed by atoms with Crippen molar-refractivity contribution in [2.24, 2.45) is 0 Å². The molecule has 0 heterocycles. The van der Waals surface area contributed by atoms with Gasteiger partial charge in [0.15, 0.2) is 6.04 Å². The number of hydrogen-bond acceptors (Lipinski definition) is 3. The minimum atomic E-state index is -1.47. The van der Waals surface area contributed by atoms with Crippen LogP contribution in [0.2, 0.25) is 5.02 Å². The van der Waals surface area contributed by atoms with Crippen LogP contribution in [0.3, 0.4) is 0 Å². The molecule has 1 atom stereocenters. The molecule has 0 aliphatic heterocycles. The van der Waals surface area contributed by atoms with Gasteiger partial charge in [0.25, 0.3) is 0 Å². The molecular formula is C19H17ClFNO4. The van der Waals surface area contributed by atoms with Crippen molar-refractivity contribution in [1.29, 1.82) is 0 Å². The van der Waals surface area contributed by atoms with Gasteiger partial charge < -0.3 is 9.84 Å². The van der Waals surface area contributed by atoms with Crippen molar-refractivity contribution in [2.75, 3.05) is 0 Å². The maximum Gasteiger partial charge on any atom is 0.411 e. The molecule has 5 nitrogen and oxygen atoms in total. The molecular weight excluding hydrogens is 361 g/mol. The number of amides is 1. The van der Waals surface area contributed by atoms with Crippen molar-refractivity contribution in [3.8, 4) is 0 Å². The first-order valence-corrected chi connectivity index (χ1v) is 8.52. The van der Waals surface area contributed by atoms with E-state index >= 15 is 0 Å². The van der Waals surface area contributed by atoms with E-state index < -0.39 is 23.9 Å². The molecule has 1 fully saturated rings. The largest absolute Gasteiger partial charge is 0.479 e. The lowest BCUT2D eigenvalue weighted by Crippen LogP contribution is -2.41. The van der Waals surface area contributed by atoms with Crippen molar-refractivity contribution in [3.05, 3.63) is 70.5 Å². The number of nitrogens with zero attached hydrogens (tertiary/aromatic N) is 1. The van der Waals surface area contributed by atoms with Gasteiger partial charge in [0.1, 0.15) is 12.4 Å². The highest BCUT2D eigenvalue weighted by Crippen LogP contribution is 2.36. The van der Waals surface area contributed by atoms with Crippen LogP contribution in [0.4, 0.5) is 9.18 Å². The normalized spacial score (nSPS) is 14.5. The summed E-state index contributed by atoms with van der Waals surface area (Å²) in [5.41, 5.74) is 0.659. The van der Waals surface area contributed by atoms with Gasteiger partial charge in [-0.25, -0.2) is 14.0 Å². The minimum Gasteiger partial charge on any atom is -0.479 e. The van der Waals surface area contributed by atoms with Gasteiger partial charge in [0.05, 0.1) is 0 Å². The van der Waals surface area contributed by atoms with E-state index in [0.717, 1.165) is 16.5 Å². The van der Waals surface area contributed by atoms with E-state index in [0.29, 0.717) is 12.8 Å². The average molecular weight is 378 g/mol. The number of hydrogen-bond donors (Lipinski definition) is 1. The second kappa shape index (κ2) is 7.74. The van der Waals surface area contributed by atoms with Crippen LogP contribution in [0.1, 0.15) is 30.0 Å². The Morgan fingerprint density at radius 2 is 1.92 bits per heavy atom. The second-order valence-corrected chi connectivity index (χ2v) is 6.52. The summed E-state index contributed by atoms with van der Waals surface area (Å²) in [6.07, 6.45) is 0.525. The summed E-state index contributed by atoms with van der Waals surface area (Å²) < 4.78 is 19.6. The third-order valence-electron chi connectivity index (χ3n) is 4.13. The Morgan fingerprint density at radius 3 is 2.50 bits per heavy atom. The third-order valence-corrected chi connectivity index (χ3v) is 4.36. The number of rotatable bonds is 6. The van der Waals surface area contributed by atoms with E-state index in [4.69, 9.17) is 16.3 Å². The predicted molar refractivity (Wildman–Crippen MR) is 93.3 cm³/mol. The van der Waals surface area contributed by atoms with Crippen LogP contribution < -0.4 is 0 Å². The predicted octanol–water partition coefficient (Wildman–Crippen LogP) is 4.41. The highest BCUT2D eigenvalue weighted by molar-refractivity contribution is 6.30. The van der Waals surface area contributed by atoms with Gasteiger partial charge in [-0.15, -0.1) is 0 Å². The van der Waals surface area contributed by atoms with E-state index in [9.17, 15) is 19.1 Å². The summed E-state index contributed by atoms with van der Waals surface area (Å²) in [5.74, 6) is -2.10. The van der Waals surface area contributed by atoms with Crippen molar-refractivity contribution >= 4 is 23.7 Å². The fourth-order valence-electron chi connectivity index (χ4n) is 2.74. The number of carboxylic acid groups (broad SMARTS) is 1. The standard InChI is InChI=1S/C19H17ClFNO4/c20-13-6-9-15(16(21)10-13)17(18(23)24)22(14-7-8-14)19(25)26-11-12-4-2-1-3-5-12/h1-6,9-10,14,17H,7-8,11H2,(H,23,24). The lowest BCUT2D eigenvalue weighted by molar-refractivity contribution is -0.143. The summed E-state index contributed by atoms with van der Waals surface area (Å²) in [5, 5.41) is 9.81. The molecule has 2 aromatic carbocycles. The molecule has 0 bridgehead atoms. The first-order valence-electron chi connectivity index (χ1n) is 8.14. The molecule has 26 heavy (non-hydrogen) atoms. The number of benzene rings is 2.